The average molecular weight is 657 g/mol. The van der Waals surface area contributed by atoms with Gasteiger partial charge in [0.05, 0.1) is 5.41 Å². The van der Waals surface area contributed by atoms with Gasteiger partial charge in [-0.05, 0) is 74.8 Å². The molecule has 234 valence electrons. The summed E-state index contributed by atoms with van der Waals surface area (Å²) in [5.74, 6) is 1.78. The third kappa shape index (κ3) is 4.40. The Balaban J connectivity index is 1.11. The van der Waals surface area contributed by atoms with Gasteiger partial charge >= 0.3 is 0 Å². The van der Waals surface area contributed by atoms with E-state index in [1.165, 1.54) is 48.7 Å². The third-order valence-corrected chi connectivity index (χ3v) is 11.0. The largest absolute Gasteiger partial charge is 0.253 e. The zero-order valence-corrected chi connectivity index (χ0v) is 27.7. The second kappa shape index (κ2) is 11.5. The summed E-state index contributed by atoms with van der Waals surface area (Å²) < 4.78 is 0. The maximum atomic E-state index is 4.92. The quantitative estimate of drug-likeness (QED) is 0.189. The standard InChI is InChI=1S/C45H28N4S/c1-2-12-30(13-3-1)42-47-43(49-44(48-42)39-19-10-11-27-46-39)31-23-21-29(22-24-31)32-25-26-41-38(28-32)45(37-18-8-9-20-40(37)50-41)35-16-6-4-14-33(35)34-15-5-7-17-36(34)45/h1-28H. The average Bonchev–Trinajstić information content (AvgIpc) is 3.49. The molecule has 0 atom stereocenters. The number of nitrogens with zero attached hydrogens (tertiary/aromatic N) is 4. The van der Waals surface area contributed by atoms with Gasteiger partial charge < -0.3 is 0 Å². The van der Waals surface area contributed by atoms with Crippen LogP contribution in [0.2, 0.25) is 0 Å². The fourth-order valence-electron chi connectivity index (χ4n) is 7.68. The number of rotatable bonds is 4. The van der Waals surface area contributed by atoms with Crippen molar-refractivity contribution in [2.75, 3.05) is 0 Å². The van der Waals surface area contributed by atoms with Crippen LogP contribution >= 0.6 is 11.8 Å². The van der Waals surface area contributed by atoms with Crippen molar-refractivity contribution < 1.29 is 0 Å². The summed E-state index contributed by atoms with van der Waals surface area (Å²) in [5.41, 5.74) is 12.4. The van der Waals surface area contributed by atoms with Gasteiger partial charge in [0.1, 0.15) is 5.69 Å². The topological polar surface area (TPSA) is 51.6 Å². The fourth-order valence-corrected chi connectivity index (χ4v) is 8.85. The first kappa shape index (κ1) is 28.8. The molecule has 3 heterocycles. The van der Waals surface area contributed by atoms with Crippen LogP contribution in [0.25, 0.3) is 56.5 Å². The van der Waals surface area contributed by atoms with Crippen molar-refractivity contribution in [1.82, 2.24) is 19.9 Å². The Bertz CT molecular complexity index is 2460. The van der Waals surface area contributed by atoms with Crippen molar-refractivity contribution in [1.29, 1.82) is 0 Å². The van der Waals surface area contributed by atoms with E-state index in [9.17, 15) is 0 Å². The summed E-state index contributed by atoms with van der Waals surface area (Å²) in [6.45, 7) is 0. The highest BCUT2D eigenvalue weighted by Crippen LogP contribution is 2.62. The molecule has 0 N–H and O–H groups in total. The Kier molecular flexibility index (Phi) is 6.61. The molecule has 8 aromatic rings. The van der Waals surface area contributed by atoms with Crippen LogP contribution in [0.1, 0.15) is 22.3 Å². The first-order chi connectivity index (χ1) is 24.8. The first-order valence-corrected chi connectivity index (χ1v) is 17.5. The predicted octanol–water partition coefficient (Wildman–Crippen LogP) is 10.8. The Morgan fingerprint density at radius 3 is 1.62 bits per heavy atom. The summed E-state index contributed by atoms with van der Waals surface area (Å²) >= 11 is 1.87. The molecule has 10 rings (SSSR count). The van der Waals surface area contributed by atoms with E-state index in [0.29, 0.717) is 23.2 Å². The van der Waals surface area contributed by atoms with Crippen molar-refractivity contribution >= 4 is 11.8 Å². The lowest BCUT2D eigenvalue weighted by Gasteiger charge is -2.40. The number of aromatic nitrogens is 4. The third-order valence-electron chi connectivity index (χ3n) is 9.88. The highest BCUT2D eigenvalue weighted by atomic mass is 32.2. The van der Waals surface area contributed by atoms with Crippen molar-refractivity contribution in [3.8, 4) is 56.5 Å². The Labute approximate surface area is 294 Å². The molecule has 0 unspecified atom stereocenters. The van der Waals surface area contributed by atoms with Crippen LogP contribution in [0.4, 0.5) is 0 Å². The van der Waals surface area contributed by atoms with Crippen LogP contribution in [-0.4, -0.2) is 19.9 Å². The number of hydrogen-bond acceptors (Lipinski definition) is 5. The summed E-state index contributed by atoms with van der Waals surface area (Å²) in [4.78, 5) is 21.7. The molecule has 0 radical (unpaired) electrons. The van der Waals surface area contributed by atoms with Gasteiger partial charge in [0.25, 0.3) is 0 Å². The monoisotopic (exact) mass is 656 g/mol. The molecule has 2 aliphatic rings. The van der Waals surface area contributed by atoms with Crippen molar-refractivity contribution in [2.45, 2.75) is 15.2 Å². The summed E-state index contributed by atoms with van der Waals surface area (Å²) in [5, 5.41) is 0. The molecule has 0 saturated carbocycles. The summed E-state index contributed by atoms with van der Waals surface area (Å²) in [6, 6.07) is 58.2. The lowest BCUT2D eigenvalue weighted by atomic mass is 9.67. The smallest absolute Gasteiger partial charge is 0.182 e. The van der Waals surface area contributed by atoms with Gasteiger partial charge in [0.2, 0.25) is 0 Å². The van der Waals surface area contributed by atoms with Crippen molar-refractivity contribution in [2.24, 2.45) is 0 Å². The zero-order chi connectivity index (χ0) is 33.1. The van der Waals surface area contributed by atoms with Crippen molar-refractivity contribution in [3.63, 3.8) is 0 Å². The minimum atomic E-state index is -0.402. The van der Waals surface area contributed by atoms with Gasteiger partial charge in [-0.3, -0.25) is 4.98 Å². The van der Waals surface area contributed by atoms with Crippen LogP contribution in [0.15, 0.2) is 180 Å². The molecule has 0 saturated heterocycles. The number of fused-ring (bicyclic) bond motifs is 9. The minimum Gasteiger partial charge on any atom is -0.253 e. The molecule has 2 aromatic heterocycles. The van der Waals surface area contributed by atoms with Crippen LogP contribution in [0.5, 0.6) is 0 Å². The number of benzene rings is 6. The molecule has 0 fully saturated rings. The molecule has 50 heavy (non-hydrogen) atoms. The normalized spacial score (nSPS) is 13.3. The first-order valence-electron chi connectivity index (χ1n) is 16.7. The molecule has 4 nitrogen and oxygen atoms in total. The second-order valence-corrected chi connectivity index (χ2v) is 13.7. The zero-order valence-electron chi connectivity index (χ0n) is 26.9. The maximum absolute atomic E-state index is 4.92. The lowest BCUT2D eigenvalue weighted by Crippen LogP contribution is -2.32. The van der Waals surface area contributed by atoms with E-state index in [-0.39, 0.29) is 0 Å². The van der Waals surface area contributed by atoms with E-state index in [0.717, 1.165) is 16.7 Å². The molecule has 0 amide bonds. The minimum absolute atomic E-state index is 0.402. The van der Waals surface area contributed by atoms with Crippen LogP contribution < -0.4 is 0 Å². The fraction of sp³-hybridized carbons (Fsp3) is 0.0222. The van der Waals surface area contributed by atoms with Gasteiger partial charge in [-0.25, -0.2) is 15.0 Å². The van der Waals surface area contributed by atoms with E-state index < -0.39 is 5.41 Å². The molecular weight excluding hydrogens is 629 g/mol. The molecule has 1 spiro atoms. The summed E-state index contributed by atoms with van der Waals surface area (Å²) in [7, 11) is 0. The molecule has 0 bridgehead atoms. The van der Waals surface area contributed by atoms with Gasteiger partial charge in [-0.2, -0.15) is 0 Å². The SMILES string of the molecule is c1ccc(-c2nc(-c3ccc(-c4ccc5c(c4)C4(c6ccccc6S5)c5ccccc5-c5ccccc54)cc3)nc(-c3ccccn3)n2)cc1. The van der Waals surface area contributed by atoms with E-state index in [1.807, 2.05) is 60.3 Å². The van der Waals surface area contributed by atoms with Crippen LogP contribution in [-0.2, 0) is 5.41 Å². The number of hydrogen-bond donors (Lipinski definition) is 0. The maximum Gasteiger partial charge on any atom is 0.182 e. The molecular formula is C45H28N4S. The van der Waals surface area contributed by atoms with E-state index in [2.05, 4.69) is 120 Å². The van der Waals surface area contributed by atoms with E-state index >= 15 is 0 Å². The van der Waals surface area contributed by atoms with Gasteiger partial charge in [-0.15, -0.1) is 0 Å². The van der Waals surface area contributed by atoms with Crippen molar-refractivity contribution in [3.05, 3.63) is 192 Å². The Hall–Kier alpha value is -6.17. The predicted molar refractivity (Wildman–Crippen MR) is 201 cm³/mol. The van der Waals surface area contributed by atoms with Crippen LogP contribution in [0, 0.1) is 0 Å². The van der Waals surface area contributed by atoms with Gasteiger partial charge in [-0.1, -0.05) is 145 Å². The second-order valence-electron chi connectivity index (χ2n) is 12.6. The Morgan fingerprint density at radius 2 is 0.920 bits per heavy atom. The number of pyridine rings is 1. The molecule has 1 aliphatic heterocycles. The lowest BCUT2D eigenvalue weighted by molar-refractivity contribution is 0.723. The van der Waals surface area contributed by atoms with E-state index in [4.69, 9.17) is 15.0 Å². The highest BCUT2D eigenvalue weighted by Gasteiger charge is 2.50. The molecule has 6 aromatic carbocycles. The molecule has 1 aliphatic carbocycles. The van der Waals surface area contributed by atoms with Gasteiger partial charge in [0, 0.05) is 27.1 Å². The van der Waals surface area contributed by atoms with Crippen LogP contribution in [0.3, 0.4) is 0 Å². The highest BCUT2D eigenvalue weighted by molar-refractivity contribution is 7.99. The Morgan fingerprint density at radius 1 is 0.380 bits per heavy atom. The van der Waals surface area contributed by atoms with Gasteiger partial charge in [0.15, 0.2) is 17.5 Å². The summed E-state index contributed by atoms with van der Waals surface area (Å²) in [6.07, 6.45) is 1.76. The van der Waals surface area contributed by atoms with E-state index in [1.54, 1.807) is 6.20 Å². The molecule has 5 heteroatoms.